The molecule has 2 nitrogen and oxygen atoms in total. The molecule has 0 fully saturated rings. The van der Waals surface area contributed by atoms with Gasteiger partial charge in [-0.05, 0) is 18.6 Å². The fourth-order valence-electron chi connectivity index (χ4n) is 1.53. The molecule has 1 aromatic carbocycles. The Labute approximate surface area is 96.2 Å². The molecule has 5 heteroatoms. The molecule has 0 amide bonds. The van der Waals surface area contributed by atoms with Crippen molar-refractivity contribution in [3.63, 3.8) is 0 Å². The van der Waals surface area contributed by atoms with Gasteiger partial charge in [0.25, 0.3) is 0 Å². The number of hydrogen-bond acceptors (Lipinski definition) is 2. The van der Waals surface area contributed by atoms with Gasteiger partial charge in [-0.25, -0.2) is 0 Å². The average Bonchev–Trinajstić information content (AvgIpc) is 2.29. The van der Waals surface area contributed by atoms with Gasteiger partial charge in [-0.2, -0.15) is 13.2 Å². The summed E-state index contributed by atoms with van der Waals surface area (Å²) in [5.41, 5.74) is 0.403. The third-order valence-electron chi connectivity index (χ3n) is 2.40. The lowest BCUT2D eigenvalue weighted by atomic mass is 10.0. The zero-order chi connectivity index (χ0) is 12.5. The molecule has 0 spiro atoms. The van der Waals surface area contributed by atoms with Gasteiger partial charge in [0, 0.05) is 18.0 Å². The summed E-state index contributed by atoms with van der Waals surface area (Å²) in [6, 6.07) is 4.14. The van der Waals surface area contributed by atoms with Crippen molar-refractivity contribution in [2.75, 3.05) is 0 Å². The Morgan fingerprint density at radius 3 is 2.47 bits per heavy atom. The molecule has 0 bridgehead atoms. The molecule has 0 radical (unpaired) electrons. The third-order valence-corrected chi connectivity index (χ3v) is 2.40. The molecule has 0 saturated heterocycles. The average molecular weight is 238 g/mol. The summed E-state index contributed by atoms with van der Waals surface area (Å²) < 4.78 is 38.1. The van der Waals surface area contributed by atoms with E-state index in [4.69, 9.17) is 0 Å². The summed E-state index contributed by atoms with van der Waals surface area (Å²) >= 11 is 0. The van der Waals surface area contributed by atoms with Crippen LogP contribution in [0.3, 0.4) is 0 Å². The quantitative estimate of drug-likeness (QED) is 0.760. The largest absolute Gasteiger partial charge is 0.416 e. The number of benzene rings is 1. The SMILES string of the molecule is Cc1ccc(-c2cnccn2)cc1C(F)(F)F. The zero-order valence-electron chi connectivity index (χ0n) is 8.99. The number of halogens is 3. The Hall–Kier alpha value is -1.91. The monoisotopic (exact) mass is 238 g/mol. The molecule has 1 aromatic heterocycles. The van der Waals surface area contributed by atoms with Crippen LogP contribution in [0.1, 0.15) is 11.1 Å². The van der Waals surface area contributed by atoms with Crippen molar-refractivity contribution < 1.29 is 13.2 Å². The number of aromatic nitrogens is 2. The van der Waals surface area contributed by atoms with E-state index in [1.54, 1.807) is 6.07 Å². The van der Waals surface area contributed by atoms with Gasteiger partial charge in [-0.1, -0.05) is 12.1 Å². The lowest BCUT2D eigenvalue weighted by Crippen LogP contribution is -2.07. The maximum absolute atomic E-state index is 12.7. The molecule has 2 aromatic rings. The van der Waals surface area contributed by atoms with Gasteiger partial charge < -0.3 is 0 Å². The standard InChI is InChI=1S/C12H9F3N2/c1-8-2-3-9(6-10(8)12(13,14)15)11-7-16-4-5-17-11/h2-7H,1H3. The zero-order valence-corrected chi connectivity index (χ0v) is 8.99. The summed E-state index contributed by atoms with van der Waals surface area (Å²) in [6.07, 6.45) is 0.0118. The highest BCUT2D eigenvalue weighted by Crippen LogP contribution is 2.34. The van der Waals surface area contributed by atoms with E-state index in [0.29, 0.717) is 11.3 Å². The lowest BCUT2D eigenvalue weighted by molar-refractivity contribution is -0.138. The summed E-state index contributed by atoms with van der Waals surface area (Å²) in [7, 11) is 0. The molecule has 1 heterocycles. The minimum atomic E-state index is -4.34. The second kappa shape index (κ2) is 4.16. The normalized spacial score (nSPS) is 11.5. The van der Waals surface area contributed by atoms with E-state index >= 15 is 0 Å². The lowest BCUT2D eigenvalue weighted by Gasteiger charge is -2.11. The van der Waals surface area contributed by atoms with Crippen LogP contribution in [0.4, 0.5) is 13.2 Å². The Bertz CT molecular complexity index is 521. The van der Waals surface area contributed by atoms with Crippen LogP contribution in [-0.4, -0.2) is 9.97 Å². The number of aryl methyl sites for hydroxylation is 1. The van der Waals surface area contributed by atoms with E-state index in [2.05, 4.69) is 9.97 Å². The topological polar surface area (TPSA) is 25.8 Å². The second-order valence-corrected chi connectivity index (χ2v) is 3.62. The molecule has 88 valence electrons. The molecule has 0 N–H and O–H groups in total. The van der Waals surface area contributed by atoms with Crippen molar-refractivity contribution >= 4 is 0 Å². The van der Waals surface area contributed by atoms with Gasteiger partial charge in [0.15, 0.2) is 0 Å². The summed E-state index contributed by atoms with van der Waals surface area (Å²) in [5, 5.41) is 0. The van der Waals surface area contributed by atoms with Gasteiger partial charge in [-0.3, -0.25) is 9.97 Å². The molecule has 0 aliphatic carbocycles. The van der Waals surface area contributed by atoms with Gasteiger partial charge in [0.1, 0.15) is 0 Å². The highest BCUT2D eigenvalue weighted by Gasteiger charge is 2.32. The van der Waals surface area contributed by atoms with Gasteiger partial charge in [0.05, 0.1) is 17.5 Å². The van der Waals surface area contributed by atoms with Crippen LogP contribution in [-0.2, 0) is 6.18 Å². The number of rotatable bonds is 1. The Morgan fingerprint density at radius 2 is 1.88 bits per heavy atom. The third kappa shape index (κ3) is 2.43. The fourth-order valence-corrected chi connectivity index (χ4v) is 1.53. The molecule has 0 saturated carbocycles. The predicted octanol–water partition coefficient (Wildman–Crippen LogP) is 3.47. The van der Waals surface area contributed by atoms with Crippen molar-refractivity contribution in [1.29, 1.82) is 0 Å². The number of alkyl halides is 3. The van der Waals surface area contributed by atoms with Crippen molar-refractivity contribution in [2.24, 2.45) is 0 Å². The first-order valence-electron chi connectivity index (χ1n) is 4.93. The molecule has 0 aliphatic heterocycles. The maximum Gasteiger partial charge on any atom is 0.416 e. The predicted molar refractivity (Wildman–Crippen MR) is 57.2 cm³/mol. The van der Waals surface area contributed by atoms with Crippen LogP contribution in [0.2, 0.25) is 0 Å². The van der Waals surface area contributed by atoms with Gasteiger partial charge >= 0.3 is 6.18 Å². The van der Waals surface area contributed by atoms with E-state index in [9.17, 15) is 13.2 Å². The first-order chi connectivity index (χ1) is 7.98. The molecule has 17 heavy (non-hydrogen) atoms. The van der Waals surface area contributed by atoms with Gasteiger partial charge in [0.2, 0.25) is 0 Å². The highest BCUT2D eigenvalue weighted by atomic mass is 19.4. The summed E-state index contributed by atoms with van der Waals surface area (Å²) in [6.45, 7) is 1.43. The highest BCUT2D eigenvalue weighted by molar-refractivity contribution is 5.60. The smallest absolute Gasteiger partial charge is 0.261 e. The van der Waals surface area contributed by atoms with Crippen LogP contribution in [0.5, 0.6) is 0 Å². The van der Waals surface area contributed by atoms with E-state index < -0.39 is 11.7 Å². The van der Waals surface area contributed by atoms with Crippen molar-refractivity contribution in [2.45, 2.75) is 13.1 Å². The van der Waals surface area contributed by atoms with Crippen LogP contribution < -0.4 is 0 Å². The van der Waals surface area contributed by atoms with Crippen LogP contribution in [0, 0.1) is 6.92 Å². The van der Waals surface area contributed by atoms with Crippen LogP contribution in [0.25, 0.3) is 11.3 Å². The summed E-state index contributed by atoms with van der Waals surface area (Å²) in [4.78, 5) is 7.80. The number of hydrogen-bond donors (Lipinski definition) is 0. The first-order valence-corrected chi connectivity index (χ1v) is 4.93. The van der Waals surface area contributed by atoms with E-state index in [1.165, 1.54) is 31.6 Å². The van der Waals surface area contributed by atoms with Crippen molar-refractivity contribution in [3.05, 3.63) is 47.9 Å². The maximum atomic E-state index is 12.7. The molecular formula is C12H9F3N2. The molecule has 0 aliphatic rings. The van der Waals surface area contributed by atoms with Crippen LogP contribution in [0.15, 0.2) is 36.8 Å². The second-order valence-electron chi connectivity index (χ2n) is 3.62. The van der Waals surface area contributed by atoms with E-state index in [0.717, 1.165) is 6.07 Å². The Morgan fingerprint density at radius 1 is 1.12 bits per heavy atom. The molecular weight excluding hydrogens is 229 g/mol. The van der Waals surface area contributed by atoms with Crippen molar-refractivity contribution in [3.8, 4) is 11.3 Å². The van der Waals surface area contributed by atoms with Crippen molar-refractivity contribution in [1.82, 2.24) is 9.97 Å². The van der Waals surface area contributed by atoms with Gasteiger partial charge in [-0.15, -0.1) is 0 Å². The van der Waals surface area contributed by atoms with E-state index in [1.807, 2.05) is 0 Å². The van der Waals surface area contributed by atoms with Crippen LogP contribution >= 0.6 is 0 Å². The Balaban J connectivity index is 2.53. The fraction of sp³-hybridized carbons (Fsp3) is 0.167. The Kier molecular flexibility index (Phi) is 2.83. The van der Waals surface area contributed by atoms with E-state index in [-0.39, 0.29) is 5.56 Å². The number of nitrogens with zero attached hydrogens (tertiary/aromatic N) is 2. The minimum Gasteiger partial charge on any atom is -0.261 e. The molecule has 0 unspecified atom stereocenters. The summed E-state index contributed by atoms with van der Waals surface area (Å²) in [5.74, 6) is 0. The minimum absolute atomic E-state index is 0.199. The molecule has 0 atom stereocenters. The molecule has 2 rings (SSSR count). The first kappa shape index (κ1) is 11.6.